The van der Waals surface area contributed by atoms with Gasteiger partial charge in [-0.25, -0.2) is 9.97 Å². The van der Waals surface area contributed by atoms with Crippen LogP contribution in [0.4, 0.5) is 0 Å². The number of fused-ring (bicyclic) bond motifs is 1. The monoisotopic (exact) mass is 231 g/mol. The van der Waals surface area contributed by atoms with Crippen LogP contribution in [0.15, 0.2) is 30.7 Å². The first kappa shape index (κ1) is 11.5. The summed E-state index contributed by atoms with van der Waals surface area (Å²) in [5.74, 6) is 0.768. The summed E-state index contributed by atoms with van der Waals surface area (Å²) in [6, 6.07) is 5.67. The SMILES string of the molecule is O=CCNCCOc1ccc2cncnc2c1. The fourth-order valence-electron chi connectivity index (χ4n) is 1.45. The third-order valence-electron chi connectivity index (χ3n) is 2.25. The van der Waals surface area contributed by atoms with Gasteiger partial charge >= 0.3 is 0 Å². The highest BCUT2D eigenvalue weighted by atomic mass is 16.5. The Morgan fingerprint density at radius 1 is 1.41 bits per heavy atom. The molecule has 0 aliphatic carbocycles. The topological polar surface area (TPSA) is 64.1 Å². The van der Waals surface area contributed by atoms with Crippen LogP contribution in [0.3, 0.4) is 0 Å². The van der Waals surface area contributed by atoms with Crippen LogP contribution in [0.5, 0.6) is 5.75 Å². The number of hydrogen-bond acceptors (Lipinski definition) is 5. The number of carbonyl (C=O) groups excluding carboxylic acids is 1. The molecule has 0 atom stereocenters. The van der Waals surface area contributed by atoms with Gasteiger partial charge in [0.25, 0.3) is 0 Å². The highest BCUT2D eigenvalue weighted by molar-refractivity contribution is 5.78. The summed E-state index contributed by atoms with van der Waals surface area (Å²) in [5.41, 5.74) is 0.860. The van der Waals surface area contributed by atoms with E-state index in [1.54, 1.807) is 6.20 Å². The van der Waals surface area contributed by atoms with Crippen molar-refractivity contribution in [2.24, 2.45) is 0 Å². The Kier molecular flexibility index (Phi) is 3.99. The van der Waals surface area contributed by atoms with Gasteiger partial charge in [0, 0.05) is 24.2 Å². The molecule has 88 valence electrons. The highest BCUT2D eigenvalue weighted by Gasteiger charge is 1.98. The molecule has 0 unspecified atom stereocenters. The predicted octanol–water partition coefficient (Wildman–Crippen LogP) is 0.797. The van der Waals surface area contributed by atoms with Crippen molar-refractivity contribution in [2.45, 2.75) is 0 Å². The van der Waals surface area contributed by atoms with Crippen LogP contribution < -0.4 is 10.1 Å². The predicted molar refractivity (Wildman–Crippen MR) is 64.0 cm³/mol. The average Bonchev–Trinajstić information content (AvgIpc) is 2.38. The molecule has 5 nitrogen and oxygen atoms in total. The van der Waals surface area contributed by atoms with E-state index in [4.69, 9.17) is 4.74 Å². The zero-order valence-electron chi connectivity index (χ0n) is 9.30. The maximum atomic E-state index is 10.1. The Bertz CT molecular complexity index is 502. The van der Waals surface area contributed by atoms with E-state index < -0.39 is 0 Å². The molecule has 0 radical (unpaired) electrons. The van der Waals surface area contributed by atoms with Crippen LogP contribution in [0, 0.1) is 0 Å². The van der Waals surface area contributed by atoms with Crippen LogP contribution in [0.25, 0.3) is 10.9 Å². The summed E-state index contributed by atoms with van der Waals surface area (Å²) in [5, 5.41) is 3.91. The molecule has 0 saturated heterocycles. The number of nitrogens with one attached hydrogen (secondary N) is 1. The lowest BCUT2D eigenvalue weighted by molar-refractivity contribution is -0.107. The number of hydrogen-bond donors (Lipinski definition) is 1. The summed E-state index contributed by atoms with van der Waals surface area (Å²) >= 11 is 0. The largest absolute Gasteiger partial charge is 0.492 e. The van der Waals surface area contributed by atoms with Gasteiger partial charge in [0.2, 0.25) is 0 Å². The van der Waals surface area contributed by atoms with Gasteiger partial charge in [-0.2, -0.15) is 0 Å². The van der Waals surface area contributed by atoms with Crippen molar-refractivity contribution in [1.29, 1.82) is 0 Å². The Hall–Kier alpha value is -2.01. The minimum Gasteiger partial charge on any atom is -0.492 e. The van der Waals surface area contributed by atoms with E-state index in [-0.39, 0.29) is 0 Å². The normalized spacial score (nSPS) is 10.4. The molecule has 1 aromatic heterocycles. The van der Waals surface area contributed by atoms with Crippen LogP contribution in [-0.4, -0.2) is 36.0 Å². The second-order valence-corrected chi connectivity index (χ2v) is 3.46. The Labute approximate surface area is 98.8 Å². The van der Waals surface area contributed by atoms with Crippen molar-refractivity contribution in [3.05, 3.63) is 30.7 Å². The maximum absolute atomic E-state index is 10.1. The molecule has 0 fully saturated rings. The minimum absolute atomic E-state index is 0.355. The lowest BCUT2D eigenvalue weighted by Gasteiger charge is -2.06. The number of aldehydes is 1. The van der Waals surface area contributed by atoms with Gasteiger partial charge in [-0.3, -0.25) is 0 Å². The van der Waals surface area contributed by atoms with Gasteiger partial charge in [0.1, 0.15) is 25.0 Å². The third-order valence-corrected chi connectivity index (χ3v) is 2.25. The first-order valence-corrected chi connectivity index (χ1v) is 5.37. The fraction of sp³-hybridized carbons (Fsp3) is 0.250. The molecular weight excluding hydrogens is 218 g/mol. The van der Waals surface area contributed by atoms with Crippen molar-refractivity contribution >= 4 is 17.2 Å². The fourth-order valence-corrected chi connectivity index (χ4v) is 1.45. The summed E-state index contributed by atoms with van der Waals surface area (Å²) in [4.78, 5) is 18.2. The van der Waals surface area contributed by atoms with Crippen LogP contribution in [0.1, 0.15) is 0 Å². The van der Waals surface area contributed by atoms with Gasteiger partial charge in [-0.15, -0.1) is 0 Å². The van der Waals surface area contributed by atoms with Gasteiger partial charge in [-0.05, 0) is 12.1 Å². The number of benzene rings is 1. The van der Waals surface area contributed by atoms with Crippen molar-refractivity contribution in [3.63, 3.8) is 0 Å². The average molecular weight is 231 g/mol. The van der Waals surface area contributed by atoms with E-state index in [1.807, 2.05) is 18.2 Å². The van der Waals surface area contributed by atoms with Gasteiger partial charge < -0.3 is 14.8 Å². The molecule has 0 amide bonds. The second kappa shape index (κ2) is 5.91. The molecule has 5 heteroatoms. The van der Waals surface area contributed by atoms with Gasteiger partial charge in [0.15, 0.2) is 0 Å². The highest BCUT2D eigenvalue weighted by Crippen LogP contribution is 2.17. The van der Waals surface area contributed by atoms with Crippen LogP contribution in [-0.2, 0) is 4.79 Å². The van der Waals surface area contributed by atoms with Crippen molar-refractivity contribution in [3.8, 4) is 5.75 Å². The molecule has 0 aliphatic heterocycles. The number of rotatable bonds is 6. The maximum Gasteiger partial charge on any atom is 0.133 e. The smallest absolute Gasteiger partial charge is 0.133 e. The Morgan fingerprint density at radius 3 is 3.24 bits per heavy atom. The first-order valence-electron chi connectivity index (χ1n) is 5.37. The molecule has 1 N–H and O–H groups in total. The third kappa shape index (κ3) is 3.22. The Morgan fingerprint density at radius 2 is 2.35 bits per heavy atom. The van der Waals surface area contributed by atoms with Crippen molar-refractivity contribution in [1.82, 2.24) is 15.3 Å². The lowest BCUT2D eigenvalue weighted by atomic mass is 10.2. The first-order chi connectivity index (χ1) is 8.40. The standard InChI is InChI=1S/C12H13N3O2/c16-5-3-13-4-6-17-11-2-1-10-8-14-9-15-12(10)7-11/h1-2,5,7-9,13H,3-4,6H2. The molecule has 17 heavy (non-hydrogen) atoms. The summed E-state index contributed by atoms with van der Waals surface area (Å²) < 4.78 is 5.52. The number of aromatic nitrogens is 2. The molecule has 0 bridgehead atoms. The van der Waals surface area contributed by atoms with Crippen LogP contribution >= 0.6 is 0 Å². The molecular formula is C12H13N3O2. The molecule has 0 spiro atoms. The van der Waals surface area contributed by atoms with E-state index >= 15 is 0 Å². The number of nitrogens with zero attached hydrogens (tertiary/aromatic N) is 2. The second-order valence-electron chi connectivity index (χ2n) is 3.46. The van der Waals surface area contributed by atoms with E-state index in [9.17, 15) is 4.79 Å². The van der Waals surface area contributed by atoms with Crippen LogP contribution in [0.2, 0.25) is 0 Å². The van der Waals surface area contributed by atoms with Crippen molar-refractivity contribution in [2.75, 3.05) is 19.7 Å². The van der Waals surface area contributed by atoms with E-state index in [2.05, 4.69) is 15.3 Å². The molecule has 0 saturated carbocycles. The van der Waals surface area contributed by atoms with Gasteiger partial charge in [0.05, 0.1) is 12.1 Å². The minimum atomic E-state index is 0.355. The van der Waals surface area contributed by atoms with Crippen molar-refractivity contribution < 1.29 is 9.53 Å². The summed E-state index contributed by atoms with van der Waals surface area (Å²) in [6.07, 6.45) is 4.10. The molecule has 0 aliphatic rings. The van der Waals surface area contributed by atoms with E-state index in [1.165, 1.54) is 6.33 Å². The van der Waals surface area contributed by atoms with E-state index in [0.717, 1.165) is 22.9 Å². The molecule has 2 rings (SSSR count). The zero-order valence-corrected chi connectivity index (χ0v) is 9.30. The zero-order chi connectivity index (χ0) is 11.9. The van der Waals surface area contributed by atoms with E-state index in [0.29, 0.717) is 19.7 Å². The summed E-state index contributed by atoms with van der Waals surface area (Å²) in [7, 11) is 0. The molecule has 1 aromatic carbocycles. The number of carbonyl (C=O) groups is 1. The molecule has 1 heterocycles. The quantitative estimate of drug-likeness (QED) is 0.588. The Balaban J connectivity index is 1.92. The lowest BCUT2D eigenvalue weighted by Crippen LogP contribution is -2.22. The van der Waals surface area contributed by atoms with Gasteiger partial charge in [-0.1, -0.05) is 0 Å². The number of ether oxygens (including phenoxy) is 1. The molecule has 2 aromatic rings. The summed E-state index contributed by atoms with van der Waals surface area (Å²) in [6.45, 7) is 1.51.